The number of nitrogens with zero attached hydrogens (tertiary/aromatic N) is 1. The first-order valence-electron chi connectivity index (χ1n) is 8.42. The molecule has 7 heteroatoms. The van der Waals surface area contributed by atoms with Crippen LogP contribution in [0.4, 0.5) is 11.4 Å². The third kappa shape index (κ3) is 6.47. The van der Waals surface area contributed by atoms with Crippen molar-refractivity contribution in [1.29, 1.82) is 0 Å². The maximum Gasteiger partial charge on any atom is 0.243 e. The minimum absolute atomic E-state index is 0.0555. The number of likely N-dealkylation sites (N-methyl/N-ethyl adjacent to an activating group) is 1. The molecule has 2 aromatic carbocycles. The lowest BCUT2D eigenvalue weighted by Crippen LogP contribution is -2.35. The van der Waals surface area contributed by atoms with Crippen molar-refractivity contribution >= 4 is 29.1 Å². The zero-order valence-electron chi connectivity index (χ0n) is 15.6. The Morgan fingerprint density at radius 1 is 1.00 bits per heavy atom. The molecule has 0 radical (unpaired) electrons. The maximum atomic E-state index is 12.3. The Morgan fingerprint density at radius 3 is 2.33 bits per heavy atom. The first-order valence-corrected chi connectivity index (χ1v) is 8.42. The van der Waals surface area contributed by atoms with Crippen LogP contribution in [0.25, 0.3) is 0 Å². The molecular formula is C20H23N3O4. The molecule has 2 aromatic rings. The van der Waals surface area contributed by atoms with E-state index in [1.54, 1.807) is 62.7 Å². The summed E-state index contributed by atoms with van der Waals surface area (Å²) in [5.74, 6) is 0.0173. The summed E-state index contributed by atoms with van der Waals surface area (Å²) in [6.07, 6.45) is 0.170. The minimum Gasteiger partial charge on any atom is -0.497 e. The summed E-state index contributed by atoms with van der Waals surface area (Å²) in [5, 5.41) is 5.41. The Hall–Kier alpha value is -3.35. The molecule has 0 saturated carbocycles. The average Bonchev–Trinajstić information content (AvgIpc) is 2.62. The molecule has 0 heterocycles. The fourth-order valence-corrected chi connectivity index (χ4v) is 2.42. The van der Waals surface area contributed by atoms with Gasteiger partial charge in [-0.3, -0.25) is 14.4 Å². The van der Waals surface area contributed by atoms with Crippen LogP contribution in [0.2, 0.25) is 0 Å². The summed E-state index contributed by atoms with van der Waals surface area (Å²) < 4.78 is 5.11. The van der Waals surface area contributed by atoms with E-state index >= 15 is 0 Å². The number of ether oxygens (including phenoxy) is 1. The van der Waals surface area contributed by atoms with Gasteiger partial charge in [-0.2, -0.15) is 0 Å². The predicted molar refractivity (Wildman–Crippen MR) is 104 cm³/mol. The van der Waals surface area contributed by atoms with E-state index in [9.17, 15) is 14.4 Å². The second kappa shape index (κ2) is 9.38. The number of carbonyl (C=O) groups is 3. The molecular weight excluding hydrogens is 346 g/mol. The molecule has 142 valence electrons. The van der Waals surface area contributed by atoms with E-state index in [1.165, 1.54) is 11.8 Å². The average molecular weight is 369 g/mol. The normalized spacial score (nSPS) is 10.0. The molecule has 0 fully saturated rings. The Labute approximate surface area is 158 Å². The Balaban J connectivity index is 1.87. The molecule has 0 aliphatic rings. The van der Waals surface area contributed by atoms with Gasteiger partial charge < -0.3 is 20.3 Å². The van der Waals surface area contributed by atoms with E-state index in [2.05, 4.69) is 10.6 Å². The number of benzene rings is 2. The monoisotopic (exact) mass is 369 g/mol. The molecule has 2 N–H and O–H groups in total. The van der Waals surface area contributed by atoms with Crippen LogP contribution in [0.15, 0.2) is 48.5 Å². The van der Waals surface area contributed by atoms with Gasteiger partial charge >= 0.3 is 0 Å². The first kappa shape index (κ1) is 20.0. The molecule has 0 aliphatic heterocycles. The lowest BCUT2D eigenvalue weighted by Gasteiger charge is -2.17. The van der Waals surface area contributed by atoms with Crippen molar-refractivity contribution in [1.82, 2.24) is 4.90 Å². The van der Waals surface area contributed by atoms with Crippen molar-refractivity contribution < 1.29 is 19.1 Å². The van der Waals surface area contributed by atoms with Gasteiger partial charge in [0.25, 0.3) is 0 Å². The topological polar surface area (TPSA) is 87.7 Å². The van der Waals surface area contributed by atoms with Crippen molar-refractivity contribution in [3.8, 4) is 5.75 Å². The number of anilines is 2. The third-order valence-electron chi connectivity index (χ3n) is 3.79. The number of amides is 3. The molecule has 0 bridgehead atoms. The van der Waals surface area contributed by atoms with Crippen molar-refractivity contribution in [3.63, 3.8) is 0 Å². The molecule has 0 aliphatic carbocycles. The van der Waals surface area contributed by atoms with Gasteiger partial charge in [-0.05, 0) is 29.8 Å². The van der Waals surface area contributed by atoms with Crippen LogP contribution >= 0.6 is 0 Å². The fraction of sp³-hybridized carbons (Fsp3) is 0.250. The highest BCUT2D eigenvalue weighted by Crippen LogP contribution is 2.16. The van der Waals surface area contributed by atoms with Crippen LogP contribution in [0.3, 0.4) is 0 Å². The zero-order chi connectivity index (χ0) is 19.8. The zero-order valence-corrected chi connectivity index (χ0v) is 15.6. The largest absolute Gasteiger partial charge is 0.497 e. The quantitative estimate of drug-likeness (QED) is 0.784. The molecule has 0 atom stereocenters. The summed E-state index contributed by atoms with van der Waals surface area (Å²) in [5.41, 5.74) is 2.08. The van der Waals surface area contributed by atoms with Crippen molar-refractivity contribution in [2.75, 3.05) is 31.3 Å². The van der Waals surface area contributed by atoms with Gasteiger partial charge in [-0.1, -0.05) is 18.2 Å². The lowest BCUT2D eigenvalue weighted by atomic mass is 10.1. The second-order valence-corrected chi connectivity index (χ2v) is 6.08. The Morgan fingerprint density at radius 2 is 1.70 bits per heavy atom. The lowest BCUT2D eigenvalue weighted by molar-refractivity contribution is -0.132. The number of hydrogen-bond acceptors (Lipinski definition) is 4. The van der Waals surface area contributed by atoms with Crippen LogP contribution in [0, 0.1) is 0 Å². The van der Waals surface area contributed by atoms with Gasteiger partial charge in [-0.25, -0.2) is 0 Å². The van der Waals surface area contributed by atoms with Crippen LogP contribution < -0.4 is 15.4 Å². The molecule has 0 saturated heterocycles. The highest BCUT2D eigenvalue weighted by Gasteiger charge is 2.14. The van der Waals surface area contributed by atoms with E-state index in [4.69, 9.17) is 4.74 Å². The SMILES string of the molecule is COc1cccc(NC(=O)CN(C)C(=O)Cc2ccc(NC(C)=O)cc2)c1. The molecule has 0 aromatic heterocycles. The smallest absolute Gasteiger partial charge is 0.243 e. The minimum atomic E-state index is -0.292. The Kier molecular flexibility index (Phi) is 6.93. The highest BCUT2D eigenvalue weighted by atomic mass is 16.5. The van der Waals surface area contributed by atoms with Crippen LogP contribution in [-0.4, -0.2) is 43.3 Å². The van der Waals surface area contributed by atoms with Crippen LogP contribution in [0.5, 0.6) is 5.75 Å². The van der Waals surface area contributed by atoms with E-state index < -0.39 is 0 Å². The summed E-state index contributed by atoms with van der Waals surface area (Å²) >= 11 is 0. The number of methoxy groups -OCH3 is 1. The van der Waals surface area contributed by atoms with Gasteiger partial charge in [0.1, 0.15) is 5.75 Å². The predicted octanol–water partition coefficient (Wildman–Crippen LogP) is 2.29. The summed E-state index contributed by atoms with van der Waals surface area (Å²) in [6.45, 7) is 1.38. The van der Waals surface area contributed by atoms with E-state index in [1.807, 2.05) is 0 Å². The molecule has 3 amide bonds. The van der Waals surface area contributed by atoms with Crippen molar-refractivity contribution in [3.05, 3.63) is 54.1 Å². The van der Waals surface area contributed by atoms with Crippen LogP contribution in [0.1, 0.15) is 12.5 Å². The van der Waals surface area contributed by atoms with Gasteiger partial charge in [0.05, 0.1) is 20.1 Å². The summed E-state index contributed by atoms with van der Waals surface area (Å²) in [7, 11) is 3.13. The van der Waals surface area contributed by atoms with Gasteiger partial charge in [0.2, 0.25) is 17.7 Å². The fourth-order valence-electron chi connectivity index (χ4n) is 2.42. The molecule has 0 spiro atoms. The Bertz CT molecular complexity index is 818. The van der Waals surface area contributed by atoms with Crippen molar-refractivity contribution in [2.24, 2.45) is 0 Å². The van der Waals surface area contributed by atoms with E-state index in [0.717, 1.165) is 5.56 Å². The summed E-state index contributed by atoms with van der Waals surface area (Å²) in [6, 6.07) is 14.0. The molecule has 2 rings (SSSR count). The van der Waals surface area contributed by atoms with Gasteiger partial charge in [0, 0.05) is 31.4 Å². The number of rotatable bonds is 7. The summed E-state index contributed by atoms with van der Waals surface area (Å²) in [4.78, 5) is 36.9. The maximum absolute atomic E-state index is 12.3. The standard InChI is InChI=1S/C20H23N3O4/c1-14(24)21-16-9-7-15(8-10-16)11-20(26)23(2)13-19(25)22-17-5-4-6-18(12-17)27-3/h4-10,12H,11,13H2,1-3H3,(H,21,24)(H,22,25). The first-order chi connectivity index (χ1) is 12.9. The van der Waals surface area contributed by atoms with Gasteiger partial charge in [-0.15, -0.1) is 0 Å². The third-order valence-corrected chi connectivity index (χ3v) is 3.79. The highest BCUT2D eigenvalue weighted by molar-refractivity contribution is 5.95. The van der Waals surface area contributed by atoms with Crippen LogP contribution in [-0.2, 0) is 20.8 Å². The molecule has 7 nitrogen and oxygen atoms in total. The van der Waals surface area contributed by atoms with E-state index in [0.29, 0.717) is 17.1 Å². The van der Waals surface area contributed by atoms with Gasteiger partial charge in [0.15, 0.2) is 0 Å². The van der Waals surface area contributed by atoms with E-state index in [-0.39, 0.29) is 30.7 Å². The molecule has 0 unspecified atom stereocenters. The number of nitrogens with one attached hydrogen (secondary N) is 2. The second-order valence-electron chi connectivity index (χ2n) is 6.08. The number of hydrogen-bond donors (Lipinski definition) is 2. The molecule has 27 heavy (non-hydrogen) atoms. The number of carbonyl (C=O) groups excluding carboxylic acids is 3. The van der Waals surface area contributed by atoms with Crippen molar-refractivity contribution in [2.45, 2.75) is 13.3 Å².